The first kappa shape index (κ1) is 16.4. The molecule has 1 heteroatoms. The van der Waals surface area contributed by atoms with Crippen molar-refractivity contribution in [1.82, 2.24) is 0 Å². The summed E-state index contributed by atoms with van der Waals surface area (Å²) >= 11 is 0. The summed E-state index contributed by atoms with van der Waals surface area (Å²) in [6.45, 7) is 4.56. The summed E-state index contributed by atoms with van der Waals surface area (Å²) in [5.74, 6) is 0. The molecule has 0 heterocycles. The molecule has 0 aromatic rings. The van der Waals surface area contributed by atoms with Gasteiger partial charge in [-0.05, 0) is 0 Å². The summed E-state index contributed by atoms with van der Waals surface area (Å²) in [5.41, 5.74) is 0. The van der Waals surface area contributed by atoms with Crippen molar-refractivity contribution in [3.05, 3.63) is 0 Å². The Kier molecular flexibility index (Phi) is 18.1. The molecule has 0 spiro atoms. The standard InChI is InChI=1S/C13H28.H2O/c1-3-5-7-9-11-13-12-10-8-6-4-2;/h3-13H2,1-2H3;1H2. The smallest absolute Gasteiger partial charge is 0.0533 e. The van der Waals surface area contributed by atoms with Gasteiger partial charge in [0.1, 0.15) is 0 Å². The van der Waals surface area contributed by atoms with Crippen LogP contribution >= 0.6 is 0 Å². The molecule has 0 aromatic carbocycles. The van der Waals surface area contributed by atoms with Crippen LogP contribution in [0.25, 0.3) is 0 Å². The van der Waals surface area contributed by atoms with Gasteiger partial charge in [0.25, 0.3) is 0 Å². The molecule has 0 saturated heterocycles. The molecule has 0 fully saturated rings. The lowest BCUT2D eigenvalue weighted by Crippen LogP contribution is -1.80. The van der Waals surface area contributed by atoms with E-state index in [9.17, 15) is 0 Å². The summed E-state index contributed by atoms with van der Waals surface area (Å²) in [4.78, 5) is 0. The maximum absolute atomic E-state index is 2.28. The quantitative estimate of drug-likeness (QED) is 0.467. The van der Waals surface area contributed by atoms with Gasteiger partial charge in [-0.3, -0.25) is 0 Å². The van der Waals surface area contributed by atoms with E-state index in [0.29, 0.717) is 0 Å². The highest BCUT2D eigenvalue weighted by atomic mass is 16.0. The number of hydrogen-bond donors (Lipinski definition) is 0. The number of rotatable bonds is 10. The molecule has 88 valence electrons. The Balaban J connectivity index is 0. The number of hydrogen-bond acceptors (Lipinski definition) is 0. The van der Waals surface area contributed by atoms with Crippen LogP contribution in [-0.2, 0) is 0 Å². The minimum absolute atomic E-state index is 0. The third kappa shape index (κ3) is 14.5. The molecule has 0 aliphatic heterocycles. The maximum Gasteiger partial charge on any atom is -0.0533 e. The van der Waals surface area contributed by atoms with Crippen LogP contribution in [-0.4, -0.2) is 5.48 Å². The van der Waals surface area contributed by atoms with Crippen LogP contribution in [0.3, 0.4) is 0 Å². The predicted molar refractivity (Wildman–Crippen MR) is 65.7 cm³/mol. The number of unbranched alkanes of at least 4 members (excludes halogenated alkanes) is 10. The zero-order valence-electron chi connectivity index (χ0n) is 10.3. The van der Waals surface area contributed by atoms with Crippen molar-refractivity contribution in [2.45, 2.75) is 84.5 Å². The third-order valence-electron chi connectivity index (χ3n) is 2.71. The molecule has 14 heavy (non-hydrogen) atoms. The van der Waals surface area contributed by atoms with E-state index >= 15 is 0 Å². The van der Waals surface area contributed by atoms with E-state index in [0.717, 1.165) is 0 Å². The van der Waals surface area contributed by atoms with Gasteiger partial charge in [-0.2, -0.15) is 0 Å². The highest BCUT2D eigenvalue weighted by Gasteiger charge is 1.90. The van der Waals surface area contributed by atoms with E-state index in [1.807, 2.05) is 0 Å². The van der Waals surface area contributed by atoms with Gasteiger partial charge in [-0.25, -0.2) is 0 Å². The average molecular weight is 202 g/mol. The molecule has 0 radical (unpaired) electrons. The molecule has 2 N–H and O–H groups in total. The summed E-state index contributed by atoms with van der Waals surface area (Å²) in [6.07, 6.45) is 15.9. The maximum atomic E-state index is 2.28. The minimum Gasteiger partial charge on any atom is -0.412 e. The van der Waals surface area contributed by atoms with Gasteiger partial charge in [0, 0.05) is 0 Å². The minimum atomic E-state index is 0. The van der Waals surface area contributed by atoms with E-state index in [4.69, 9.17) is 0 Å². The lowest BCUT2D eigenvalue weighted by atomic mass is 10.1. The molecule has 0 bridgehead atoms. The van der Waals surface area contributed by atoms with Crippen LogP contribution in [0.2, 0.25) is 0 Å². The van der Waals surface area contributed by atoms with Crippen molar-refractivity contribution in [3.8, 4) is 0 Å². The summed E-state index contributed by atoms with van der Waals surface area (Å²) < 4.78 is 0. The molecule has 0 aromatic heterocycles. The first-order chi connectivity index (χ1) is 6.41. The molecule has 1 nitrogen and oxygen atoms in total. The summed E-state index contributed by atoms with van der Waals surface area (Å²) in [7, 11) is 0. The van der Waals surface area contributed by atoms with E-state index in [2.05, 4.69) is 13.8 Å². The van der Waals surface area contributed by atoms with E-state index in [1.165, 1.54) is 70.6 Å². The summed E-state index contributed by atoms with van der Waals surface area (Å²) in [6, 6.07) is 0. The Labute approximate surface area is 90.6 Å². The van der Waals surface area contributed by atoms with Gasteiger partial charge in [-0.1, -0.05) is 84.5 Å². The Bertz CT molecular complexity index is 71.3. The Morgan fingerprint density at radius 3 is 0.857 bits per heavy atom. The van der Waals surface area contributed by atoms with Crippen molar-refractivity contribution in [2.24, 2.45) is 0 Å². The molecule has 0 amide bonds. The second kappa shape index (κ2) is 15.4. The topological polar surface area (TPSA) is 31.5 Å². The fourth-order valence-electron chi connectivity index (χ4n) is 1.74. The fraction of sp³-hybridized carbons (Fsp3) is 1.00. The largest absolute Gasteiger partial charge is 0.412 e. The Morgan fingerprint density at radius 2 is 0.643 bits per heavy atom. The van der Waals surface area contributed by atoms with Crippen molar-refractivity contribution < 1.29 is 5.48 Å². The SMILES string of the molecule is CCCCCCCCCCCCC.O. The van der Waals surface area contributed by atoms with Gasteiger partial charge < -0.3 is 5.48 Å². The second-order valence-electron chi connectivity index (χ2n) is 4.18. The van der Waals surface area contributed by atoms with E-state index in [1.54, 1.807) is 0 Å². The highest BCUT2D eigenvalue weighted by molar-refractivity contribution is 4.46. The monoisotopic (exact) mass is 202 g/mol. The van der Waals surface area contributed by atoms with Gasteiger partial charge >= 0.3 is 0 Å². The van der Waals surface area contributed by atoms with E-state index in [-0.39, 0.29) is 5.48 Å². The van der Waals surface area contributed by atoms with Gasteiger partial charge in [0.05, 0.1) is 0 Å². The van der Waals surface area contributed by atoms with Crippen LogP contribution in [0, 0.1) is 0 Å². The first-order valence-corrected chi connectivity index (χ1v) is 6.41. The fourth-order valence-corrected chi connectivity index (χ4v) is 1.74. The average Bonchev–Trinajstić information content (AvgIpc) is 2.16. The van der Waals surface area contributed by atoms with Crippen LogP contribution in [0.1, 0.15) is 84.5 Å². The van der Waals surface area contributed by atoms with Gasteiger partial charge in [0.2, 0.25) is 0 Å². The molecule has 0 rings (SSSR count). The van der Waals surface area contributed by atoms with Crippen LogP contribution < -0.4 is 0 Å². The molecular weight excluding hydrogens is 172 g/mol. The van der Waals surface area contributed by atoms with Gasteiger partial charge in [0.15, 0.2) is 0 Å². The zero-order valence-corrected chi connectivity index (χ0v) is 10.3. The van der Waals surface area contributed by atoms with Crippen LogP contribution in [0.4, 0.5) is 0 Å². The normalized spacial score (nSPS) is 9.86. The molecule has 0 aliphatic rings. The lowest BCUT2D eigenvalue weighted by Gasteiger charge is -2.00. The molecule has 0 saturated carbocycles. The molecule has 0 aliphatic carbocycles. The first-order valence-electron chi connectivity index (χ1n) is 6.41. The molecular formula is C13H30O. The van der Waals surface area contributed by atoms with Crippen LogP contribution in [0.5, 0.6) is 0 Å². The van der Waals surface area contributed by atoms with Crippen molar-refractivity contribution in [2.75, 3.05) is 0 Å². The van der Waals surface area contributed by atoms with Crippen molar-refractivity contribution in [3.63, 3.8) is 0 Å². The van der Waals surface area contributed by atoms with Crippen molar-refractivity contribution >= 4 is 0 Å². The summed E-state index contributed by atoms with van der Waals surface area (Å²) in [5, 5.41) is 0. The lowest BCUT2D eigenvalue weighted by molar-refractivity contribution is 0.554. The van der Waals surface area contributed by atoms with E-state index < -0.39 is 0 Å². The van der Waals surface area contributed by atoms with Crippen LogP contribution in [0.15, 0.2) is 0 Å². The molecule has 0 unspecified atom stereocenters. The van der Waals surface area contributed by atoms with Crippen molar-refractivity contribution in [1.29, 1.82) is 0 Å². The zero-order chi connectivity index (χ0) is 9.78. The second-order valence-corrected chi connectivity index (χ2v) is 4.18. The van der Waals surface area contributed by atoms with Gasteiger partial charge in [-0.15, -0.1) is 0 Å². The highest BCUT2D eigenvalue weighted by Crippen LogP contribution is 2.10. The Hall–Kier alpha value is -0.0400. The Morgan fingerprint density at radius 1 is 0.429 bits per heavy atom. The predicted octanol–water partition coefficient (Wildman–Crippen LogP) is 4.49. The third-order valence-corrected chi connectivity index (χ3v) is 2.71. The molecule has 0 atom stereocenters.